The third-order valence-corrected chi connectivity index (χ3v) is 4.41. The number of hydrogen-bond donors (Lipinski definition) is 1. The molecule has 5 heteroatoms. The van der Waals surface area contributed by atoms with Gasteiger partial charge in [-0.1, -0.05) is 39.1 Å². The summed E-state index contributed by atoms with van der Waals surface area (Å²) >= 11 is 15.8. The van der Waals surface area contributed by atoms with Crippen molar-refractivity contribution in [2.24, 2.45) is 0 Å². The Hall–Kier alpha value is -1.000. The van der Waals surface area contributed by atoms with Crippen molar-refractivity contribution in [1.29, 1.82) is 0 Å². The molecule has 0 fully saturated rings. The summed E-state index contributed by atoms with van der Waals surface area (Å²) in [6.45, 7) is 0. The molecule has 0 bridgehead atoms. The van der Waals surface area contributed by atoms with E-state index in [9.17, 15) is 0 Å². The first-order chi connectivity index (χ1) is 10.1. The Morgan fingerprint density at radius 2 is 1.90 bits per heavy atom. The Morgan fingerprint density at radius 1 is 1.10 bits per heavy atom. The smallest absolute Gasteiger partial charge is 0.134 e. The van der Waals surface area contributed by atoms with Gasteiger partial charge in [-0.05, 0) is 55.1 Å². The van der Waals surface area contributed by atoms with Crippen LogP contribution in [0.1, 0.15) is 17.4 Å². The van der Waals surface area contributed by atoms with E-state index >= 15 is 0 Å². The second kappa shape index (κ2) is 6.01. The summed E-state index contributed by atoms with van der Waals surface area (Å²) in [4.78, 5) is 0. The summed E-state index contributed by atoms with van der Waals surface area (Å²) in [6, 6.07) is 13.2. The highest BCUT2D eigenvalue weighted by molar-refractivity contribution is 9.10. The lowest BCUT2D eigenvalue weighted by Gasteiger charge is -2.16. The van der Waals surface area contributed by atoms with Crippen LogP contribution in [0, 0.1) is 0 Å². The van der Waals surface area contributed by atoms with E-state index in [-0.39, 0.29) is 6.04 Å². The molecule has 3 rings (SSSR count). The maximum Gasteiger partial charge on any atom is 0.134 e. The van der Waals surface area contributed by atoms with Crippen molar-refractivity contribution >= 4 is 50.1 Å². The van der Waals surface area contributed by atoms with Gasteiger partial charge in [-0.15, -0.1) is 0 Å². The van der Waals surface area contributed by atoms with E-state index in [2.05, 4.69) is 21.2 Å². The van der Waals surface area contributed by atoms with Crippen LogP contribution in [0.2, 0.25) is 10.0 Å². The monoisotopic (exact) mass is 383 g/mol. The summed E-state index contributed by atoms with van der Waals surface area (Å²) in [5, 5.41) is 5.60. The summed E-state index contributed by atoms with van der Waals surface area (Å²) in [5.74, 6) is 0.801. The highest BCUT2D eigenvalue weighted by Gasteiger charge is 2.19. The molecule has 0 saturated carbocycles. The quantitative estimate of drug-likeness (QED) is 0.616. The van der Waals surface area contributed by atoms with Crippen molar-refractivity contribution in [3.8, 4) is 0 Å². The molecule has 0 spiro atoms. The van der Waals surface area contributed by atoms with Gasteiger partial charge in [0.15, 0.2) is 0 Å². The van der Waals surface area contributed by atoms with Gasteiger partial charge in [0.2, 0.25) is 0 Å². The minimum Gasteiger partial charge on any atom is -0.459 e. The number of nitrogens with one attached hydrogen (secondary N) is 1. The van der Waals surface area contributed by atoms with Crippen LogP contribution in [-0.4, -0.2) is 7.05 Å². The lowest BCUT2D eigenvalue weighted by molar-refractivity contribution is 0.491. The molecule has 1 unspecified atom stereocenters. The van der Waals surface area contributed by atoms with Gasteiger partial charge in [-0.25, -0.2) is 0 Å². The number of halogens is 3. The van der Waals surface area contributed by atoms with E-state index < -0.39 is 0 Å². The fraction of sp³-hybridized carbons (Fsp3) is 0.125. The molecular formula is C16H12BrCl2NO. The van der Waals surface area contributed by atoms with Crippen LogP contribution in [0.5, 0.6) is 0 Å². The molecule has 1 aromatic heterocycles. The van der Waals surface area contributed by atoms with E-state index in [1.807, 2.05) is 49.5 Å². The standard InChI is InChI=1S/C16H12BrCl2NO/c1-20-16(12-8-10(17)2-4-13(12)19)15-7-9-6-11(18)3-5-14(9)21-15/h2-8,16,20H,1H3. The lowest BCUT2D eigenvalue weighted by Crippen LogP contribution is -2.17. The van der Waals surface area contributed by atoms with E-state index in [4.69, 9.17) is 27.6 Å². The molecule has 0 saturated heterocycles. The molecule has 0 aliphatic rings. The molecular weight excluding hydrogens is 373 g/mol. The predicted octanol–water partition coefficient (Wildman–Crippen LogP) is 5.81. The Morgan fingerprint density at radius 3 is 2.67 bits per heavy atom. The largest absolute Gasteiger partial charge is 0.459 e. The molecule has 1 heterocycles. The topological polar surface area (TPSA) is 25.2 Å². The molecule has 1 atom stereocenters. The van der Waals surface area contributed by atoms with E-state index in [0.29, 0.717) is 10.0 Å². The van der Waals surface area contributed by atoms with Gasteiger partial charge in [0.1, 0.15) is 11.3 Å². The highest BCUT2D eigenvalue weighted by Crippen LogP contribution is 2.34. The van der Waals surface area contributed by atoms with Crippen LogP contribution in [0.3, 0.4) is 0 Å². The third kappa shape index (κ3) is 2.97. The van der Waals surface area contributed by atoms with Crippen molar-refractivity contribution in [2.45, 2.75) is 6.04 Å². The van der Waals surface area contributed by atoms with Crippen LogP contribution in [0.15, 0.2) is 51.4 Å². The van der Waals surface area contributed by atoms with Crippen molar-refractivity contribution in [1.82, 2.24) is 5.32 Å². The summed E-state index contributed by atoms with van der Waals surface area (Å²) in [5.41, 5.74) is 1.76. The van der Waals surface area contributed by atoms with Gasteiger partial charge >= 0.3 is 0 Å². The Bertz CT molecular complexity index is 800. The van der Waals surface area contributed by atoms with Crippen LogP contribution in [0.4, 0.5) is 0 Å². The Kier molecular flexibility index (Phi) is 4.27. The maximum absolute atomic E-state index is 6.32. The molecule has 2 aromatic carbocycles. The summed E-state index contributed by atoms with van der Waals surface area (Å²) in [7, 11) is 1.88. The number of furan rings is 1. The van der Waals surface area contributed by atoms with Crippen molar-refractivity contribution in [3.63, 3.8) is 0 Å². The van der Waals surface area contributed by atoms with E-state index in [0.717, 1.165) is 26.8 Å². The third-order valence-electron chi connectivity index (χ3n) is 3.34. The van der Waals surface area contributed by atoms with Crippen molar-refractivity contribution in [3.05, 3.63) is 68.3 Å². The summed E-state index contributed by atoms with van der Waals surface area (Å²) in [6.07, 6.45) is 0. The minimum absolute atomic E-state index is 0.124. The van der Waals surface area contributed by atoms with E-state index in [1.54, 1.807) is 0 Å². The van der Waals surface area contributed by atoms with Crippen molar-refractivity contribution in [2.75, 3.05) is 7.05 Å². The van der Waals surface area contributed by atoms with Crippen LogP contribution < -0.4 is 5.32 Å². The lowest BCUT2D eigenvalue weighted by atomic mass is 10.0. The zero-order valence-electron chi connectivity index (χ0n) is 11.2. The first-order valence-corrected chi connectivity index (χ1v) is 7.94. The Labute approximate surface area is 141 Å². The highest BCUT2D eigenvalue weighted by atomic mass is 79.9. The molecule has 3 aromatic rings. The van der Waals surface area contributed by atoms with Gasteiger partial charge in [0, 0.05) is 19.9 Å². The number of fused-ring (bicyclic) bond motifs is 1. The van der Waals surface area contributed by atoms with Gasteiger partial charge in [-0.3, -0.25) is 0 Å². The van der Waals surface area contributed by atoms with Crippen LogP contribution >= 0.6 is 39.1 Å². The molecule has 0 radical (unpaired) electrons. The fourth-order valence-corrected chi connectivity index (χ4v) is 3.15. The Balaban J connectivity index is 2.11. The molecule has 0 aliphatic heterocycles. The average Bonchev–Trinajstić information content (AvgIpc) is 2.86. The molecule has 2 nitrogen and oxygen atoms in total. The average molecular weight is 385 g/mol. The zero-order chi connectivity index (χ0) is 15.0. The van der Waals surface area contributed by atoms with Crippen LogP contribution in [-0.2, 0) is 0 Å². The normalized spacial score (nSPS) is 12.8. The van der Waals surface area contributed by atoms with Gasteiger partial charge in [-0.2, -0.15) is 0 Å². The zero-order valence-corrected chi connectivity index (χ0v) is 14.3. The van der Waals surface area contributed by atoms with Gasteiger partial charge in [0.05, 0.1) is 6.04 Å². The maximum atomic E-state index is 6.32. The predicted molar refractivity (Wildman–Crippen MR) is 91.3 cm³/mol. The molecule has 0 amide bonds. The number of hydrogen-bond acceptors (Lipinski definition) is 2. The molecule has 108 valence electrons. The van der Waals surface area contributed by atoms with E-state index in [1.165, 1.54) is 0 Å². The molecule has 21 heavy (non-hydrogen) atoms. The number of benzene rings is 2. The second-order valence-corrected chi connectivity index (χ2v) is 6.48. The van der Waals surface area contributed by atoms with Crippen molar-refractivity contribution < 1.29 is 4.42 Å². The first kappa shape index (κ1) is 14.9. The SMILES string of the molecule is CNC(c1cc2cc(Cl)ccc2o1)c1cc(Br)ccc1Cl. The number of rotatable bonds is 3. The second-order valence-electron chi connectivity index (χ2n) is 4.72. The minimum atomic E-state index is -0.124. The molecule has 1 N–H and O–H groups in total. The van der Waals surface area contributed by atoms with Crippen LogP contribution in [0.25, 0.3) is 11.0 Å². The fourth-order valence-electron chi connectivity index (χ4n) is 2.36. The van der Waals surface area contributed by atoms with Gasteiger partial charge < -0.3 is 9.73 Å². The summed E-state index contributed by atoms with van der Waals surface area (Å²) < 4.78 is 6.90. The van der Waals surface area contributed by atoms with Gasteiger partial charge in [0.25, 0.3) is 0 Å². The molecule has 0 aliphatic carbocycles. The first-order valence-electron chi connectivity index (χ1n) is 6.39.